The van der Waals surface area contributed by atoms with Gasteiger partial charge in [0.25, 0.3) is 5.91 Å². The molecule has 2 aliphatic rings. The summed E-state index contributed by atoms with van der Waals surface area (Å²) < 4.78 is 0.867. The maximum absolute atomic E-state index is 12.5. The summed E-state index contributed by atoms with van der Waals surface area (Å²) in [6, 6.07) is 1.86. The lowest BCUT2D eigenvalue weighted by atomic mass is 9.75. The van der Waals surface area contributed by atoms with Crippen LogP contribution >= 0.6 is 15.9 Å². The molecular formula is C15H19BrN2O. The second-order valence-electron chi connectivity index (χ2n) is 5.74. The normalized spacial score (nSPS) is 26.9. The highest BCUT2D eigenvalue weighted by molar-refractivity contribution is 9.10. The zero-order valence-electron chi connectivity index (χ0n) is 11.0. The van der Waals surface area contributed by atoms with Gasteiger partial charge >= 0.3 is 0 Å². The van der Waals surface area contributed by atoms with Crippen molar-refractivity contribution in [1.29, 1.82) is 0 Å². The highest BCUT2D eigenvalue weighted by Crippen LogP contribution is 2.36. The molecule has 3 nitrogen and oxygen atoms in total. The highest BCUT2D eigenvalue weighted by Gasteiger charge is 2.33. The molecule has 1 aliphatic carbocycles. The molecule has 0 unspecified atom stereocenters. The van der Waals surface area contributed by atoms with Gasteiger partial charge in [0, 0.05) is 30.0 Å². The summed E-state index contributed by atoms with van der Waals surface area (Å²) in [4.78, 5) is 18.6. The molecule has 4 heteroatoms. The first-order valence-corrected chi connectivity index (χ1v) is 7.93. The maximum Gasteiger partial charge on any atom is 0.255 e. The lowest BCUT2D eigenvalue weighted by Gasteiger charge is -2.41. The fourth-order valence-corrected chi connectivity index (χ4v) is 3.86. The van der Waals surface area contributed by atoms with Crippen LogP contribution in [-0.2, 0) is 0 Å². The van der Waals surface area contributed by atoms with Crippen molar-refractivity contribution in [3.05, 3.63) is 28.5 Å². The van der Waals surface area contributed by atoms with E-state index >= 15 is 0 Å². The molecule has 0 radical (unpaired) electrons. The Morgan fingerprint density at radius 3 is 2.79 bits per heavy atom. The number of fused-ring (bicyclic) bond motifs is 1. The summed E-state index contributed by atoms with van der Waals surface area (Å²) in [5.41, 5.74) is 0.698. The molecule has 2 heterocycles. The van der Waals surface area contributed by atoms with Crippen molar-refractivity contribution in [3.63, 3.8) is 0 Å². The Kier molecular flexibility index (Phi) is 3.87. The second-order valence-corrected chi connectivity index (χ2v) is 6.65. The minimum Gasteiger partial charge on any atom is -0.338 e. The zero-order chi connectivity index (χ0) is 13.2. The first kappa shape index (κ1) is 13.1. The number of pyridine rings is 1. The molecule has 102 valence electrons. The molecule has 0 N–H and O–H groups in total. The third kappa shape index (κ3) is 2.83. The van der Waals surface area contributed by atoms with E-state index in [1.54, 1.807) is 12.4 Å². The molecule has 1 amide bonds. The highest BCUT2D eigenvalue weighted by atomic mass is 79.9. The predicted molar refractivity (Wildman–Crippen MR) is 77.9 cm³/mol. The minimum atomic E-state index is 0.137. The molecule has 1 saturated heterocycles. The van der Waals surface area contributed by atoms with Gasteiger partial charge in [-0.15, -0.1) is 0 Å². The molecule has 1 aliphatic heterocycles. The molecule has 19 heavy (non-hydrogen) atoms. The van der Waals surface area contributed by atoms with Gasteiger partial charge in [-0.05, 0) is 46.7 Å². The number of halogens is 1. The first-order chi connectivity index (χ1) is 9.24. The van der Waals surface area contributed by atoms with Gasteiger partial charge in [0.15, 0.2) is 0 Å². The van der Waals surface area contributed by atoms with Crippen LogP contribution in [0.3, 0.4) is 0 Å². The molecular weight excluding hydrogens is 304 g/mol. The van der Waals surface area contributed by atoms with Gasteiger partial charge in [-0.3, -0.25) is 9.78 Å². The summed E-state index contributed by atoms with van der Waals surface area (Å²) in [6.45, 7) is 1.85. The van der Waals surface area contributed by atoms with Crippen LogP contribution in [-0.4, -0.2) is 28.9 Å². The molecule has 0 spiro atoms. The summed E-state index contributed by atoms with van der Waals surface area (Å²) in [5, 5.41) is 0. The quantitative estimate of drug-likeness (QED) is 0.792. The Morgan fingerprint density at radius 1 is 1.21 bits per heavy atom. The van der Waals surface area contributed by atoms with Crippen LogP contribution in [0.1, 0.15) is 42.5 Å². The molecule has 3 rings (SSSR count). The molecule has 1 aromatic rings. The number of hydrogen-bond acceptors (Lipinski definition) is 2. The van der Waals surface area contributed by atoms with Crippen LogP contribution in [0.15, 0.2) is 22.9 Å². The van der Waals surface area contributed by atoms with Gasteiger partial charge in [0.1, 0.15) is 0 Å². The molecule has 2 atom stereocenters. The first-order valence-electron chi connectivity index (χ1n) is 7.14. The average Bonchev–Trinajstić information content (AvgIpc) is 2.46. The van der Waals surface area contributed by atoms with Crippen molar-refractivity contribution in [3.8, 4) is 0 Å². The smallest absolute Gasteiger partial charge is 0.255 e. The minimum absolute atomic E-state index is 0.137. The Hall–Kier alpha value is -0.900. The lowest BCUT2D eigenvalue weighted by Crippen LogP contribution is -2.44. The maximum atomic E-state index is 12.5. The van der Waals surface area contributed by atoms with Gasteiger partial charge in [-0.1, -0.05) is 19.3 Å². The van der Waals surface area contributed by atoms with Crippen LogP contribution in [0.25, 0.3) is 0 Å². The van der Waals surface area contributed by atoms with E-state index in [0.29, 0.717) is 5.56 Å². The second kappa shape index (κ2) is 5.61. The lowest BCUT2D eigenvalue weighted by molar-refractivity contribution is 0.0520. The number of piperidine rings is 1. The number of aromatic nitrogens is 1. The van der Waals surface area contributed by atoms with E-state index in [0.717, 1.165) is 29.4 Å². The third-order valence-electron chi connectivity index (χ3n) is 4.53. The molecule has 0 bridgehead atoms. The van der Waals surface area contributed by atoms with E-state index in [2.05, 4.69) is 20.9 Å². The average molecular weight is 323 g/mol. The summed E-state index contributed by atoms with van der Waals surface area (Å²) in [6.07, 6.45) is 9.94. The van der Waals surface area contributed by atoms with Crippen LogP contribution < -0.4 is 0 Å². The van der Waals surface area contributed by atoms with Crippen molar-refractivity contribution >= 4 is 21.8 Å². The monoisotopic (exact) mass is 322 g/mol. The number of rotatable bonds is 1. The zero-order valence-corrected chi connectivity index (χ0v) is 12.6. The van der Waals surface area contributed by atoms with Crippen LogP contribution in [0.5, 0.6) is 0 Å². The van der Waals surface area contributed by atoms with Crippen LogP contribution in [0.2, 0.25) is 0 Å². The van der Waals surface area contributed by atoms with Crippen molar-refractivity contribution in [2.45, 2.75) is 32.1 Å². The van der Waals surface area contributed by atoms with E-state index in [1.807, 2.05) is 11.0 Å². The fourth-order valence-electron chi connectivity index (χ4n) is 3.50. The number of amides is 1. The van der Waals surface area contributed by atoms with Crippen molar-refractivity contribution in [2.24, 2.45) is 11.8 Å². The number of hydrogen-bond donors (Lipinski definition) is 0. The van der Waals surface area contributed by atoms with Crippen molar-refractivity contribution in [2.75, 3.05) is 13.1 Å². The number of likely N-dealkylation sites (tertiary alicyclic amines) is 1. The molecule has 0 aromatic carbocycles. The number of carbonyl (C=O) groups excluding carboxylic acids is 1. The van der Waals surface area contributed by atoms with Gasteiger partial charge in [0.05, 0.1) is 5.56 Å². The summed E-state index contributed by atoms with van der Waals surface area (Å²) in [7, 11) is 0. The Balaban J connectivity index is 1.71. The number of carbonyl (C=O) groups is 1. The SMILES string of the molecule is O=C(c1cncc(Br)c1)N1CC[C@@H]2CCCC[C@@H]2C1. The van der Waals surface area contributed by atoms with Gasteiger partial charge in [0.2, 0.25) is 0 Å². The Bertz CT molecular complexity index is 477. The third-order valence-corrected chi connectivity index (χ3v) is 4.96. The fraction of sp³-hybridized carbons (Fsp3) is 0.600. The van der Waals surface area contributed by atoms with E-state index in [1.165, 1.54) is 32.1 Å². The van der Waals surface area contributed by atoms with E-state index in [-0.39, 0.29) is 5.91 Å². The van der Waals surface area contributed by atoms with Crippen molar-refractivity contribution < 1.29 is 4.79 Å². The molecule has 1 saturated carbocycles. The largest absolute Gasteiger partial charge is 0.338 e. The number of nitrogens with zero attached hydrogens (tertiary/aromatic N) is 2. The molecule has 2 fully saturated rings. The standard InChI is InChI=1S/C15H19BrN2O/c16-14-7-13(8-17-9-14)15(19)18-6-5-11-3-1-2-4-12(11)10-18/h7-9,11-12H,1-6,10H2/t11-,12+/m0/s1. The van der Waals surface area contributed by atoms with E-state index < -0.39 is 0 Å². The van der Waals surface area contributed by atoms with Gasteiger partial charge < -0.3 is 4.90 Å². The summed E-state index contributed by atoms with van der Waals surface area (Å²) >= 11 is 3.38. The van der Waals surface area contributed by atoms with Crippen LogP contribution in [0, 0.1) is 11.8 Å². The predicted octanol–water partition coefficient (Wildman–Crippen LogP) is 3.50. The summed E-state index contributed by atoms with van der Waals surface area (Å²) in [5.74, 6) is 1.72. The van der Waals surface area contributed by atoms with Crippen LogP contribution in [0.4, 0.5) is 0 Å². The Morgan fingerprint density at radius 2 is 2.00 bits per heavy atom. The van der Waals surface area contributed by atoms with Gasteiger partial charge in [-0.25, -0.2) is 0 Å². The molecule has 1 aromatic heterocycles. The van der Waals surface area contributed by atoms with E-state index in [9.17, 15) is 4.79 Å². The van der Waals surface area contributed by atoms with Gasteiger partial charge in [-0.2, -0.15) is 0 Å². The van der Waals surface area contributed by atoms with E-state index in [4.69, 9.17) is 0 Å². The van der Waals surface area contributed by atoms with Crippen molar-refractivity contribution in [1.82, 2.24) is 9.88 Å². The Labute approximate surface area is 122 Å². The topological polar surface area (TPSA) is 33.2 Å².